The van der Waals surface area contributed by atoms with E-state index < -0.39 is 0 Å². The van der Waals surface area contributed by atoms with E-state index in [4.69, 9.17) is 0 Å². The van der Waals surface area contributed by atoms with Gasteiger partial charge in [0.15, 0.2) is 0 Å². The summed E-state index contributed by atoms with van der Waals surface area (Å²) >= 11 is 0. The molecule has 64 valence electrons. The first-order valence-electron chi connectivity index (χ1n) is 4.53. The third-order valence-electron chi connectivity index (χ3n) is 2.52. The molecule has 0 spiro atoms. The first kappa shape index (κ1) is 6.89. The van der Waals surface area contributed by atoms with Crippen LogP contribution in [0.5, 0.6) is 0 Å². The second kappa shape index (κ2) is 2.46. The molecule has 0 saturated carbocycles. The van der Waals surface area contributed by atoms with Crippen molar-refractivity contribution in [2.24, 2.45) is 4.99 Å². The summed E-state index contributed by atoms with van der Waals surface area (Å²) in [5.74, 6) is 0. The van der Waals surface area contributed by atoms with Crippen LogP contribution in [0.3, 0.4) is 0 Å². The molecule has 2 nitrogen and oxygen atoms in total. The Morgan fingerprint density at radius 1 is 1.38 bits per heavy atom. The van der Waals surface area contributed by atoms with Gasteiger partial charge < -0.3 is 4.90 Å². The van der Waals surface area contributed by atoms with Gasteiger partial charge in [-0.3, -0.25) is 4.99 Å². The fourth-order valence-corrected chi connectivity index (χ4v) is 1.94. The zero-order valence-corrected chi connectivity index (χ0v) is 7.27. The van der Waals surface area contributed by atoms with Gasteiger partial charge in [-0.05, 0) is 24.1 Å². The second-order valence-electron chi connectivity index (χ2n) is 3.34. The summed E-state index contributed by atoms with van der Waals surface area (Å²) in [5.41, 5.74) is 3.79. The Labute approximate surface area is 77.3 Å². The summed E-state index contributed by atoms with van der Waals surface area (Å²) in [7, 11) is 0. The molecule has 3 aliphatic rings. The fourth-order valence-electron chi connectivity index (χ4n) is 1.94. The van der Waals surface area contributed by atoms with Gasteiger partial charge in [0.25, 0.3) is 0 Å². The Bertz CT molecular complexity index is 390. The van der Waals surface area contributed by atoms with Crippen LogP contribution < -0.4 is 0 Å². The van der Waals surface area contributed by atoms with E-state index in [9.17, 15) is 0 Å². The Morgan fingerprint density at radius 2 is 2.38 bits per heavy atom. The smallest absolute Gasteiger partial charge is 0.0863 e. The van der Waals surface area contributed by atoms with Gasteiger partial charge in [0, 0.05) is 12.4 Å². The van der Waals surface area contributed by atoms with Crippen molar-refractivity contribution in [1.29, 1.82) is 0 Å². The average Bonchev–Trinajstić information content (AvgIpc) is 2.19. The molecule has 13 heavy (non-hydrogen) atoms. The molecule has 0 bridgehead atoms. The highest BCUT2D eigenvalue weighted by Crippen LogP contribution is 2.32. The van der Waals surface area contributed by atoms with Crippen LogP contribution >= 0.6 is 0 Å². The molecule has 0 saturated heterocycles. The molecular weight excluding hydrogens is 160 g/mol. The van der Waals surface area contributed by atoms with E-state index in [-0.39, 0.29) is 0 Å². The Morgan fingerprint density at radius 3 is 3.38 bits per heavy atom. The Balaban J connectivity index is 2.21. The van der Waals surface area contributed by atoms with E-state index in [1.807, 2.05) is 6.21 Å². The van der Waals surface area contributed by atoms with E-state index in [2.05, 4.69) is 40.4 Å². The molecule has 3 rings (SSSR count). The number of allylic oxidation sites excluding steroid dienone is 5. The van der Waals surface area contributed by atoms with Gasteiger partial charge in [-0.15, -0.1) is 0 Å². The zero-order chi connectivity index (χ0) is 8.67. The molecule has 2 heterocycles. The van der Waals surface area contributed by atoms with Gasteiger partial charge in [-0.1, -0.05) is 12.2 Å². The van der Waals surface area contributed by atoms with Crippen LogP contribution in [0.15, 0.2) is 52.5 Å². The Hall–Kier alpha value is -1.57. The summed E-state index contributed by atoms with van der Waals surface area (Å²) in [5, 5.41) is 0. The van der Waals surface area contributed by atoms with Crippen LogP contribution in [0.2, 0.25) is 0 Å². The minimum atomic E-state index is 0.903. The topological polar surface area (TPSA) is 15.6 Å². The number of rotatable bonds is 0. The lowest BCUT2D eigenvalue weighted by Crippen LogP contribution is -2.27. The van der Waals surface area contributed by atoms with Gasteiger partial charge in [-0.2, -0.15) is 0 Å². The number of aliphatic imine (C=N–C) groups is 1. The van der Waals surface area contributed by atoms with Crippen molar-refractivity contribution >= 4 is 6.21 Å². The summed E-state index contributed by atoms with van der Waals surface area (Å²) in [6, 6.07) is 0. The summed E-state index contributed by atoms with van der Waals surface area (Å²) < 4.78 is 0. The van der Waals surface area contributed by atoms with E-state index in [1.165, 1.54) is 11.3 Å². The molecular formula is C11H10N2. The van der Waals surface area contributed by atoms with Crippen LogP contribution in [-0.4, -0.2) is 17.7 Å². The van der Waals surface area contributed by atoms with E-state index in [0.29, 0.717) is 0 Å². The van der Waals surface area contributed by atoms with E-state index in [1.54, 1.807) is 0 Å². The predicted octanol–water partition coefficient (Wildman–Crippen LogP) is 2.00. The normalized spacial score (nSPS) is 23.4. The molecule has 0 amide bonds. The lowest BCUT2D eigenvalue weighted by Gasteiger charge is -2.31. The number of hydrogen-bond donors (Lipinski definition) is 0. The van der Waals surface area contributed by atoms with Crippen molar-refractivity contribution in [3.05, 3.63) is 47.5 Å². The molecule has 0 fully saturated rings. The van der Waals surface area contributed by atoms with Gasteiger partial charge in [0.2, 0.25) is 0 Å². The summed E-state index contributed by atoms with van der Waals surface area (Å²) in [4.78, 5) is 6.64. The molecule has 0 N–H and O–H groups in total. The standard InChI is InChI=1S/C11H10N2/c1-3-9-4-2-7-13-8-6-12-10(5-1)11(9)13/h1-2,4-7H,3,8H2. The van der Waals surface area contributed by atoms with Crippen LogP contribution in [0, 0.1) is 0 Å². The molecule has 2 aliphatic heterocycles. The molecule has 0 aromatic carbocycles. The van der Waals surface area contributed by atoms with Crippen molar-refractivity contribution in [2.75, 3.05) is 6.54 Å². The van der Waals surface area contributed by atoms with E-state index in [0.717, 1.165) is 18.7 Å². The van der Waals surface area contributed by atoms with Crippen molar-refractivity contribution in [3.8, 4) is 0 Å². The fraction of sp³-hybridized carbons (Fsp3) is 0.182. The highest BCUT2D eigenvalue weighted by Gasteiger charge is 2.21. The molecule has 0 aromatic rings. The SMILES string of the molecule is C1=CN2CC=NC3=C2C(=C1)CC=C3. The summed E-state index contributed by atoms with van der Waals surface area (Å²) in [6.07, 6.45) is 13.7. The number of nitrogens with zero attached hydrogens (tertiary/aromatic N) is 2. The van der Waals surface area contributed by atoms with Crippen LogP contribution in [0.1, 0.15) is 6.42 Å². The molecule has 1 aliphatic carbocycles. The molecule has 0 radical (unpaired) electrons. The van der Waals surface area contributed by atoms with Crippen molar-refractivity contribution in [3.63, 3.8) is 0 Å². The molecule has 0 unspecified atom stereocenters. The van der Waals surface area contributed by atoms with Gasteiger partial charge >= 0.3 is 0 Å². The predicted molar refractivity (Wildman–Crippen MR) is 53.2 cm³/mol. The molecule has 0 aromatic heterocycles. The monoisotopic (exact) mass is 170 g/mol. The lowest BCUT2D eigenvalue weighted by atomic mass is 9.97. The third kappa shape index (κ3) is 0.917. The first-order valence-corrected chi connectivity index (χ1v) is 4.53. The van der Waals surface area contributed by atoms with E-state index >= 15 is 0 Å². The van der Waals surface area contributed by atoms with Crippen molar-refractivity contribution in [1.82, 2.24) is 4.90 Å². The van der Waals surface area contributed by atoms with Crippen LogP contribution in [-0.2, 0) is 0 Å². The average molecular weight is 170 g/mol. The minimum absolute atomic E-state index is 0.903. The number of hydrogen-bond acceptors (Lipinski definition) is 2. The first-order chi connectivity index (χ1) is 6.45. The largest absolute Gasteiger partial charge is 0.341 e. The Kier molecular flexibility index (Phi) is 1.30. The van der Waals surface area contributed by atoms with Crippen molar-refractivity contribution in [2.45, 2.75) is 6.42 Å². The highest BCUT2D eigenvalue weighted by molar-refractivity contribution is 5.68. The van der Waals surface area contributed by atoms with Crippen LogP contribution in [0.4, 0.5) is 0 Å². The quantitative estimate of drug-likeness (QED) is 0.543. The maximum atomic E-state index is 4.39. The molecule has 0 atom stereocenters. The summed E-state index contributed by atoms with van der Waals surface area (Å²) in [6.45, 7) is 0.903. The minimum Gasteiger partial charge on any atom is -0.341 e. The van der Waals surface area contributed by atoms with Gasteiger partial charge in [0.1, 0.15) is 0 Å². The maximum Gasteiger partial charge on any atom is 0.0863 e. The second-order valence-corrected chi connectivity index (χ2v) is 3.34. The maximum absolute atomic E-state index is 4.39. The van der Waals surface area contributed by atoms with Crippen molar-refractivity contribution < 1.29 is 0 Å². The van der Waals surface area contributed by atoms with Gasteiger partial charge in [0.05, 0.1) is 17.9 Å². The third-order valence-corrected chi connectivity index (χ3v) is 2.52. The lowest BCUT2D eigenvalue weighted by molar-refractivity contribution is 0.520. The molecule has 2 heteroatoms. The zero-order valence-electron chi connectivity index (χ0n) is 7.27. The highest BCUT2D eigenvalue weighted by atomic mass is 15.2. The van der Waals surface area contributed by atoms with Crippen LogP contribution in [0.25, 0.3) is 0 Å². The van der Waals surface area contributed by atoms with Gasteiger partial charge in [-0.25, -0.2) is 0 Å².